The van der Waals surface area contributed by atoms with Gasteiger partial charge in [-0.1, -0.05) is 109 Å². The molecule has 9 aromatic rings. The number of anilines is 3. The Kier molecular flexibility index (Phi) is 5.00. The molecule has 0 fully saturated rings. The van der Waals surface area contributed by atoms with Crippen molar-refractivity contribution in [2.45, 2.75) is 0 Å². The minimum absolute atomic E-state index is 0.897. The van der Waals surface area contributed by atoms with Crippen molar-refractivity contribution in [1.82, 2.24) is 4.57 Å². The van der Waals surface area contributed by atoms with Crippen LogP contribution < -0.4 is 4.90 Å². The molecule has 0 bridgehead atoms. The van der Waals surface area contributed by atoms with E-state index in [9.17, 15) is 0 Å². The molecule has 0 amide bonds. The summed E-state index contributed by atoms with van der Waals surface area (Å²) in [6.45, 7) is 0. The van der Waals surface area contributed by atoms with Crippen LogP contribution in [0.1, 0.15) is 0 Å². The summed E-state index contributed by atoms with van der Waals surface area (Å²) in [7, 11) is 0. The molecule has 0 saturated carbocycles. The fraction of sp³-hybridized carbons (Fsp3) is 0. The van der Waals surface area contributed by atoms with Crippen molar-refractivity contribution in [3.05, 3.63) is 158 Å². The van der Waals surface area contributed by atoms with Crippen molar-refractivity contribution < 1.29 is 4.42 Å². The first kappa shape index (κ1) is 24.4. The Morgan fingerprint density at radius 2 is 1.07 bits per heavy atom. The lowest BCUT2D eigenvalue weighted by Crippen LogP contribution is -2.12. The molecule has 45 heavy (non-hydrogen) atoms. The van der Waals surface area contributed by atoms with Crippen LogP contribution in [0.2, 0.25) is 0 Å². The Hall–Kier alpha value is -6.06. The topological polar surface area (TPSA) is 21.3 Å². The zero-order valence-corrected chi connectivity index (χ0v) is 24.3. The quantitative estimate of drug-likeness (QED) is 0.205. The van der Waals surface area contributed by atoms with Gasteiger partial charge in [0.1, 0.15) is 11.2 Å². The smallest absolute Gasteiger partial charge is 0.135 e. The summed E-state index contributed by atoms with van der Waals surface area (Å²) in [4.78, 5) is 2.47. The molecule has 3 nitrogen and oxygen atoms in total. The molecular weight excluding hydrogens is 548 g/mol. The second-order valence-electron chi connectivity index (χ2n) is 11.7. The predicted octanol–water partition coefficient (Wildman–Crippen LogP) is 11.8. The second kappa shape index (κ2) is 9.22. The summed E-state index contributed by atoms with van der Waals surface area (Å²) in [6.07, 6.45) is 0. The second-order valence-corrected chi connectivity index (χ2v) is 11.7. The van der Waals surface area contributed by atoms with Crippen molar-refractivity contribution in [2.24, 2.45) is 0 Å². The van der Waals surface area contributed by atoms with Gasteiger partial charge in [-0.15, -0.1) is 0 Å². The lowest BCUT2D eigenvalue weighted by molar-refractivity contribution is 0.669. The first-order chi connectivity index (χ1) is 22.3. The van der Waals surface area contributed by atoms with Crippen LogP contribution in [-0.2, 0) is 0 Å². The molecule has 3 heterocycles. The molecule has 1 aliphatic rings. The molecular formula is C42H26N2O. The highest BCUT2D eigenvalue weighted by atomic mass is 16.3. The number of furan rings is 1. The lowest BCUT2D eigenvalue weighted by Gasteiger charge is -2.28. The normalized spacial score (nSPS) is 12.4. The average molecular weight is 575 g/mol. The number of benzene rings is 7. The molecule has 0 saturated heterocycles. The summed E-state index contributed by atoms with van der Waals surface area (Å²) in [5, 5.41) is 4.69. The van der Waals surface area contributed by atoms with Crippen LogP contribution >= 0.6 is 0 Å². The summed E-state index contributed by atoms with van der Waals surface area (Å²) >= 11 is 0. The summed E-state index contributed by atoms with van der Waals surface area (Å²) in [5.41, 5.74) is 13.6. The number of nitrogens with zero attached hydrogens (tertiary/aromatic N) is 2. The van der Waals surface area contributed by atoms with Crippen molar-refractivity contribution >= 4 is 60.8 Å². The van der Waals surface area contributed by atoms with E-state index in [0.717, 1.165) is 39.0 Å². The largest absolute Gasteiger partial charge is 0.456 e. The molecule has 3 heteroatoms. The Balaban J connectivity index is 1.41. The van der Waals surface area contributed by atoms with Crippen LogP contribution in [0.25, 0.3) is 71.7 Å². The van der Waals surface area contributed by atoms with Gasteiger partial charge >= 0.3 is 0 Å². The maximum atomic E-state index is 6.24. The third-order valence-corrected chi connectivity index (χ3v) is 9.32. The molecule has 0 aliphatic carbocycles. The van der Waals surface area contributed by atoms with Crippen LogP contribution in [0.5, 0.6) is 0 Å². The molecule has 0 unspecified atom stereocenters. The van der Waals surface area contributed by atoms with Gasteiger partial charge in [0, 0.05) is 44.0 Å². The van der Waals surface area contributed by atoms with E-state index in [0.29, 0.717) is 0 Å². The number of para-hydroxylation sites is 4. The fourth-order valence-corrected chi connectivity index (χ4v) is 7.42. The van der Waals surface area contributed by atoms with Gasteiger partial charge in [0.2, 0.25) is 0 Å². The number of aromatic nitrogens is 1. The zero-order valence-electron chi connectivity index (χ0n) is 24.3. The molecule has 0 radical (unpaired) electrons. The van der Waals surface area contributed by atoms with Crippen molar-refractivity contribution in [2.75, 3.05) is 4.90 Å². The van der Waals surface area contributed by atoms with E-state index >= 15 is 0 Å². The van der Waals surface area contributed by atoms with E-state index < -0.39 is 0 Å². The summed E-state index contributed by atoms with van der Waals surface area (Å²) < 4.78 is 8.70. The molecule has 0 spiro atoms. The standard InChI is InChI=1S/C42H26N2O/c1-2-12-27(13-3-1)43-37-19-9-6-16-31(37)29-14-4-5-15-30(29)34-23-24-35-32-17-7-10-20-38(32)44(42(35)41(34)43)28-22-25-40-36(26-28)33-18-8-11-21-39(33)45-40/h1-26H. The maximum Gasteiger partial charge on any atom is 0.135 e. The zero-order chi connectivity index (χ0) is 29.5. The minimum atomic E-state index is 0.897. The van der Waals surface area contributed by atoms with E-state index in [1.807, 2.05) is 12.1 Å². The Bertz CT molecular complexity index is 2610. The molecule has 1 aliphatic heterocycles. The van der Waals surface area contributed by atoms with E-state index in [1.54, 1.807) is 0 Å². The average Bonchev–Trinajstić information content (AvgIpc) is 3.61. The third-order valence-electron chi connectivity index (χ3n) is 9.32. The van der Waals surface area contributed by atoms with Crippen molar-refractivity contribution in [3.8, 4) is 27.9 Å². The van der Waals surface area contributed by atoms with Crippen molar-refractivity contribution in [3.63, 3.8) is 0 Å². The van der Waals surface area contributed by atoms with Gasteiger partial charge in [0.05, 0.1) is 22.4 Å². The molecule has 7 aromatic carbocycles. The highest BCUT2D eigenvalue weighted by molar-refractivity contribution is 6.19. The lowest BCUT2D eigenvalue weighted by atomic mass is 9.94. The molecule has 0 N–H and O–H groups in total. The molecule has 10 rings (SSSR count). The predicted molar refractivity (Wildman–Crippen MR) is 187 cm³/mol. The summed E-state index contributed by atoms with van der Waals surface area (Å²) in [6, 6.07) is 56.7. The van der Waals surface area contributed by atoms with E-state index in [2.05, 4.69) is 155 Å². The van der Waals surface area contributed by atoms with Crippen LogP contribution in [0.4, 0.5) is 17.1 Å². The number of hydrogen-bond acceptors (Lipinski definition) is 2. The SMILES string of the molecule is c1ccc(N2c3ccccc3-c3ccccc3-c3ccc4c5ccccc5n(-c5ccc6oc7ccccc7c6c5)c4c32)cc1. The van der Waals surface area contributed by atoms with Gasteiger partial charge in [-0.2, -0.15) is 0 Å². The van der Waals surface area contributed by atoms with Gasteiger partial charge in [0.15, 0.2) is 0 Å². The van der Waals surface area contributed by atoms with Crippen LogP contribution in [0, 0.1) is 0 Å². The summed E-state index contributed by atoms with van der Waals surface area (Å²) in [5.74, 6) is 0. The monoisotopic (exact) mass is 574 g/mol. The first-order valence-electron chi connectivity index (χ1n) is 15.4. The Morgan fingerprint density at radius 3 is 1.93 bits per heavy atom. The third kappa shape index (κ3) is 3.41. The number of hydrogen-bond donors (Lipinski definition) is 0. The van der Waals surface area contributed by atoms with Crippen LogP contribution in [0.15, 0.2) is 162 Å². The minimum Gasteiger partial charge on any atom is -0.456 e. The first-order valence-corrected chi connectivity index (χ1v) is 15.4. The van der Waals surface area contributed by atoms with Gasteiger partial charge < -0.3 is 13.9 Å². The van der Waals surface area contributed by atoms with E-state index in [-0.39, 0.29) is 0 Å². The number of fused-ring (bicyclic) bond motifs is 12. The van der Waals surface area contributed by atoms with Crippen LogP contribution in [0.3, 0.4) is 0 Å². The van der Waals surface area contributed by atoms with E-state index in [4.69, 9.17) is 4.42 Å². The van der Waals surface area contributed by atoms with E-state index in [1.165, 1.54) is 49.7 Å². The Labute approximate surface area is 259 Å². The fourth-order valence-electron chi connectivity index (χ4n) is 7.42. The molecule has 2 aromatic heterocycles. The highest BCUT2D eigenvalue weighted by Crippen LogP contribution is 2.54. The molecule has 0 atom stereocenters. The molecule has 210 valence electrons. The van der Waals surface area contributed by atoms with Crippen LogP contribution in [-0.4, -0.2) is 4.57 Å². The van der Waals surface area contributed by atoms with Gasteiger partial charge in [0.25, 0.3) is 0 Å². The van der Waals surface area contributed by atoms with Gasteiger partial charge in [-0.3, -0.25) is 0 Å². The van der Waals surface area contributed by atoms with Gasteiger partial charge in [-0.05, 0) is 59.7 Å². The maximum absolute atomic E-state index is 6.24. The Morgan fingerprint density at radius 1 is 0.400 bits per heavy atom. The van der Waals surface area contributed by atoms with Crippen molar-refractivity contribution in [1.29, 1.82) is 0 Å². The van der Waals surface area contributed by atoms with Gasteiger partial charge in [-0.25, -0.2) is 0 Å². The number of rotatable bonds is 2. The highest BCUT2D eigenvalue weighted by Gasteiger charge is 2.30.